The van der Waals surface area contributed by atoms with Gasteiger partial charge in [-0.1, -0.05) is 193 Å². The number of phosphoric ester groups is 1. The molecule has 55 heavy (non-hydrogen) atoms. The lowest BCUT2D eigenvalue weighted by atomic mass is 10.0. The molecule has 328 valence electrons. The molecule has 0 radical (unpaired) electrons. The van der Waals surface area contributed by atoms with Crippen molar-refractivity contribution < 1.29 is 32.9 Å². The second kappa shape index (κ2) is 38.7. The number of allylic oxidation sites excluding steroid dienone is 2. The maximum atomic E-state index is 12.9. The molecule has 0 saturated carbocycles. The summed E-state index contributed by atoms with van der Waals surface area (Å²) in [5, 5.41) is 13.9. The normalized spacial score (nSPS) is 14.4. The summed E-state index contributed by atoms with van der Waals surface area (Å²) in [5.74, 6) is -0.171. The minimum Gasteiger partial charge on any atom is -0.756 e. The van der Waals surface area contributed by atoms with Crippen LogP contribution in [0.4, 0.5) is 0 Å². The molecule has 0 aliphatic heterocycles. The molecule has 1 unspecified atom stereocenters. The van der Waals surface area contributed by atoms with Crippen molar-refractivity contribution >= 4 is 13.7 Å². The molecule has 2 N–H and O–H groups in total. The lowest BCUT2D eigenvalue weighted by Gasteiger charge is -2.30. The molecular formula is C46H93N2O6P. The number of rotatable bonds is 43. The SMILES string of the molecule is CCCCCCCCC/C=C/CCCC[C@@H](O)[C@H](COP(=O)([O-])OCC[N+](C)(C)C)NC(=O)CCCCCCCCCCCCCCCCCCCCCC. The lowest BCUT2D eigenvalue weighted by molar-refractivity contribution is -0.870. The van der Waals surface area contributed by atoms with Gasteiger partial charge < -0.3 is 28.8 Å². The van der Waals surface area contributed by atoms with Crippen LogP contribution in [0.2, 0.25) is 0 Å². The number of likely N-dealkylation sites (N-methyl/N-ethyl adjacent to an activating group) is 1. The Labute approximate surface area is 342 Å². The fourth-order valence-corrected chi connectivity index (χ4v) is 7.70. The van der Waals surface area contributed by atoms with Crippen LogP contribution in [0.15, 0.2) is 12.2 Å². The zero-order valence-corrected chi connectivity index (χ0v) is 38.0. The summed E-state index contributed by atoms with van der Waals surface area (Å²) in [4.78, 5) is 25.3. The zero-order chi connectivity index (χ0) is 40.7. The van der Waals surface area contributed by atoms with Gasteiger partial charge in [0.1, 0.15) is 13.2 Å². The Morgan fingerprint density at radius 2 is 1.00 bits per heavy atom. The summed E-state index contributed by atoms with van der Waals surface area (Å²) in [7, 11) is 1.30. The number of phosphoric acid groups is 1. The van der Waals surface area contributed by atoms with Gasteiger partial charge in [0.25, 0.3) is 7.82 Å². The van der Waals surface area contributed by atoms with E-state index < -0.39 is 20.0 Å². The minimum absolute atomic E-state index is 0.00970. The number of hydrogen-bond donors (Lipinski definition) is 2. The molecule has 0 spiro atoms. The quantitative estimate of drug-likeness (QED) is 0.0275. The van der Waals surface area contributed by atoms with E-state index in [1.165, 1.54) is 154 Å². The number of quaternary nitrogens is 1. The van der Waals surface area contributed by atoms with Crippen molar-refractivity contribution in [2.45, 2.75) is 238 Å². The molecule has 0 saturated heterocycles. The second-order valence-corrected chi connectivity index (χ2v) is 18.9. The van der Waals surface area contributed by atoms with Crippen molar-refractivity contribution in [1.82, 2.24) is 5.32 Å². The number of carbonyl (C=O) groups excluding carboxylic acids is 1. The Hall–Kier alpha value is -0.760. The first-order valence-electron chi connectivity index (χ1n) is 23.5. The van der Waals surface area contributed by atoms with E-state index in [1.807, 2.05) is 21.1 Å². The van der Waals surface area contributed by atoms with Crippen LogP contribution in [0.5, 0.6) is 0 Å². The van der Waals surface area contributed by atoms with Crippen molar-refractivity contribution in [3.05, 3.63) is 12.2 Å². The molecule has 9 heteroatoms. The molecule has 0 aliphatic carbocycles. The maximum Gasteiger partial charge on any atom is 0.268 e. The van der Waals surface area contributed by atoms with Gasteiger partial charge in [-0.3, -0.25) is 9.36 Å². The fraction of sp³-hybridized carbons (Fsp3) is 0.935. The molecule has 0 rings (SSSR count). The standard InChI is InChI=1S/C46H93N2O6P/c1-6-8-10-12-14-16-18-20-21-22-23-24-25-26-28-30-32-34-36-38-40-46(50)47-44(43-54-55(51,52)53-42-41-48(3,4)5)45(49)39-37-35-33-31-29-27-19-17-15-13-11-9-7-2/h29,31,44-45,49H,6-28,30,32-43H2,1-5H3,(H-,47,50,51,52)/b31-29+/t44-,45+/m0/s1. The largest absolute Gasteiger partial charge is 0.756 e. The summed E-state index contributed by atoms with van der Waals surface area (Å²) in [6.07, 6.45) is 43.6. The number of aliphatic hydroxyl groups is 1. The Kier molecular flexibility index (Phi) is 38.2. The lowest BCUT2D eigenvalue weighted by Crippen LogP contribution is -2.46. The average Bonchev–Trinajstić information content (AvgIpc) is 3.13. The van der Waals surface area contributed by atoms with Crippen molar-refractivity contribution in [1.29, 1.82) is 0 Å². The highest BCUT2D eigenvalue weighted by Crippen LogP contribution is 2.38. The number of carbonyl (C=O) groups is 1. The number of nitrogens with zero attached hydrogens (tertiary/aromatic N) is 1. The number of nitrogens with one attached hydrogen (secondary N) is 1. The van der Waals surface area contributed by atoms with Crippen LogP contribution in [0.3, 0.4) is 0 Å². The van der Waals surface area contributed by atoms with Gasteiger partial charge in [0, 0.05) is 6.42 Å². The monoisotopic (exact) mass is 801 g/mol. The average molecular weight is 801 g/mol. The predicted molar refractivity (Wildman–Crippen MR) is 233 cm³/mol. The first kappa shape index (κ1) is 54.2. The van der Waals surface area contributed by atoms with Gasteiger partial charge in [0.05, 0.1) is 39.9 Å². The number of unbranched alkanes of at least 4 members (excludes halogenated alkanes) is 28. The Morgan fingerprint density at radius 1 is 0.618 bits per heavy atom. The summed E-state index contributed by atoms with van der Waals surface area (Å²) in [6, 6.07) is -0.810. The van der Waals surface area contributed by atoms with E-state index >= 15 is 0 Å². The predicted octanol–water partition coefficient (Wildman–Crippen LogP) is 12.5. The molecule has 0 aromatic rings. The molecule has 0 heterocycles. The first-order chi connectivity index (χ1) is 26.5. The fourth-order valence-electron chi connectivity index (χ4n) is 6.98. The van der Waals surface area contributed by atoms with E-state index in [9.17, 15) is 19.4 Å². The van der Waals surface area contributed by atoms with E-state index in [1.54, 1.807) is 0 Å². The molecular weight excluding hydrogens is 707 g/mol. The van der Waals surface area contributed by atoms with E-state index in [0.717, 1.165) is 44.9 Å². The first-order valence-corrected chi connectivity index (χ1v) is 25.0. The summed E-state index contributed by atoms with van der Waals surface area (Å²) in [6.45, 7) is 4.71. The third kappa shape index (κ3) is 41.2. The summed E-state index contributed by atoms with van der Waals surface area (Å²) < 4.78 is 23.3. The van der Waals surface area contributed by atoms with Crippen molar-refractivity contribution in [2.75, 3.05) is 40.9 Å². The molecule has 3 atom stereocenters. The molecule has 0 aromatic heterocycles. The van der Waals surface area contributed by atoms with E-state index in [0.29, 0.717) is 23.9 Å². The van der Waals surface area contributed by atoms with E-state index in [2.05, 4.69) is 31.3 Å². The van der Waals surface area contributed by atoms with Crippen LogP contribution in [0.1, 0.15) is 226 Å². The van der Waals surface area contributed by atoms with Gasteiger partial charge in [-0.15, -0.1) is 0 Å². The van der Waals surface area contributed by atoms with Gasteiger partial charge in [-0.25, -0.2) is 0 Å². The van der Waals surface area contributed by atoms with Gasteiger partial charge >= 0.3 is 0 Å². The number of amides is 1. The second-order valence-electron chi connectivity index (χ2n) is 17.5. The van der Waals surface area contributed by atoms with Crippen LogP contribution in [-0.2, 0) is 18.4 Å². The van der Waals surface area contributed by atoms with Crippen molar-refractivity contribution in [3.8, 4) is 0 Å². The molecule has 1 amide bonds. The van der Waals surface area contributed by atoms with Crippen LogP contribution in [0, 0.1) is 0 Å². The molecule has 0 fully saturated rings. The molecule has 8 nitrogen and oxygen atoms in total. The number of hydrogen-bond acceptors (Lipinski definition) is 6. The van der Waals surface area contributed by atoms with Crippen LogP contribution in [-0.4, -0.2) is 68.5 Å². The highest BCUT2D eigenvalue weighted by Gasteiger charge is 2.24. The van der Waals surface area contributed by atoms with E-state index in [4.69, 9.17) is 9.05 Å². The summed E-state index contributed by atoms with van der Waals surface area (Å²) in [5.41, 5.74) is 0. The van der Waals surface area contributed by atoms with Gasteiger partial charge in [0.2, 0.25) is 5.91 Å². The smallest absolute Gasteiger partial charge is 0.268 e. The summed E-state index contributed by atoms with van der Waals surface area (Å²) >= 11 is 0. The Bertz CT molecular complexity index is 911. The van der Waals surface area contributed by atoms with Crippen LogP contribution < -0.4 is 10.2 Å². The van der Waals surface area contributed by atoms with Crippen molar-refractivity contribution in [3.63, 3.8) is 0 Å². The number of aliphatic hydroxyl groups excluding tert-OH is 1. The van der Waals surface area contributed by atoms with Crippen molar-refractivity contribution in [2.24, 2.45) is 0 Å². The molecule has 0 aliphatic rings. The highest BCUT2D eigenvalue weighted by molar-refractivity contribution is 7.45. The van der Waals surface area contributed by atoms with Gasteiger partial charge in [0.15, 0.2) is 0 Å². The third-order valence-electron chi connectivity index (χ3n) is 10.8. The highest BCUT2D eigenvalue weighted by atomic mass is 31.2. The third-order valence-corrected chi connectivity index (χ3v) is 11.7. The maximum absolute atomic E-state index is 12.9. The van der Waals surface area contributed by atoms with E-state index in [-0.39, 0.29) is 19.1 Å². The topological polar surface area (TPSA) is 108 Å². The Morgan fingerprint density at radius 3 is 1.42 bits per heavy atom. The minimum atomic E-state index is -4.57. The van der Waals surface area contributed by atoms with Crippen LogP contribution >= 0.6 is 7.82 Å². The van der Waals surface area contributed by atoms with Gasteiger partial charge in [-0.2, -0.15) is 0 Å². The zero-order valence-electron chi connectivity index (χ0n) is 37.1. The van der Waals surface area contributed by atoms with Crippen LogP contribution in [0.25, 0.3) is 0 Å². The molecule has 0 aromatic carbocycles. The Balaban J connectivity index is 4.27. The molecule has 0 bridgehead atoms. The van der Waals surface area contributed by atoms with Gasteiger partial charge in [-0.05, 0) is 38.5 Å².